The fourth-order valence-electron chi connectivity index (χ4n) is 5.77. The zero-order valence-electron chi connectivity index (χ0n) is 25.4. The van der Waals surface area contributed by atoms with Gasteiger partial charge in [-0.05, 0) is 86.3 Å². The molecule has 3 N–H and O–H groups in total. The maximum atomic E-state index is 12.5. The van der Waals surface area contributed by atoms with E-state index in [1.54, 1.807) is 55.5 Å². The lowest BCUT2D eigenvalue weighted by molar-refractivity contribution is 0.480. The number of benzene rings is 5. The van der Waals surface area contributed by atoms with Crippen molar-refractivity contribution in [2.24, 2.45) is 4.99 Å². The molecule has 2 aliphatic rings. The molecule has 1 aliphatic carbocycles. The Morgan fingerprint density at radius 2 is 1.37 bits per heavy atom. The van der Waals surface area contributed by atoms with Crippen molar-refractivity contribution in [1.29, 1.82) is 0 Å². The standard InChI is InChI=1S/C35H30N2O7S2/c1-20-8-7-9-21(2)34(20)36-24-13-15-26-29(18-24)44-30-19-25(37-35-22(3)12-17-31(23(35)4)45(38,39)40)14-16-27(30)33(26)28-10-5-6-11-32(28)46(41,42)43/h5-19,37H,1-4H3,(H,38,39,40)(H,41,42,43). The number of nitrogens with zero attached hydrogens (tertiary/aromatic N) is 1. The summed E-state index contributed by atoms with van der Waals surface area (Å²) in [6, 6.07) is 25.8. The lowest BCUT2D eigenvalue weighted by atomic mass is 9.93. The third-order valence-electron chi connectivity index (χ3n) is 7.99. The predicted octanol–water partition coefficient (Wildman–Crippen LogP) is 7.91. The molecule has 0 aromatic heterocycles. The molecule has 1 aliphatic heterocycles. The molecular formula is C35H30N2O7S2. The molecule has 0 saturated heterocycles. The topological polar surface area (TPSA) is 146 Å². The summed E-state index contributed by atoms with van der Waals surface area (Å²) in [5.74, 6) is 0.429. The van der Waals surface area contributed by atoms with Crippen LogP contribution in [0.1, 0.15) is 22.3 Å². The van der Waals surface area contributed by atoms with Gasteiger partial charge in [-0.1, -0.05) is 42.5 Å². The lowest BCUT2D eigenvalue weighted by Crippen LogP contribution is -2.06. The van der Waals surface area contributed by atoms with Crippen LogP contribution in [-0.2, 0) is 20.2 Å². The smallest absolute Gasteiger partial charge is 0.295 e. The highest BCUT2D eigenvalue weighted by molar-refractivity contribution is 7.86. The van der Waals surface area contributed by atoms with Crippen LogP contribution in [0, 0.1) is 27.7 Å². The highest BCUT2D eigenvalue weighted by Crippen LogP contribution is 2.43. The van der Waals surface area contributed by atoms with Crippen molar-refractivity contribution in [3.05, 3.63) is 119 Å². The number of para-hydroxylation sites is 1. The van der Waals surface area contributed by atoms with Gasteiger partial charge < -0.3 is 9.73 Å². The van der Waals surface area contributed by atoms with Gasteiger partial charge >= 0.3 is 0 Å². The largest absolute Gasteiger partial charge is 0.456 e. The summed E-state index contributed by atoms with van der Waals surface area (Å²) in [4.78, 5) is 4.42. The molecule has 0 bridgehead atoms. The maximum Gasteiger partial charge on any atom is 0.295 e. The van der Waals surface area contributed by atoms with Crippen molar-refractivity contribution in [2.45, 2.75) is 37.5 Å². The van der Waals surface area contributed by atoms with Crippen molar-refractivity contribution in [2.75, 3.05) is 5.32 Å². The summed E-state index contributed by atoms with van der Waals surface area (Å²) >= 11 is 0. The van der Waals surface area contributed by atoms with E-state index < -0.39 is 20.2 Å². The molecule has 0 saturated carbocycles. The zero-order valence-corrected chi connectivity index (χ0v) is 27.0. The van der Waals surface area contributed by atoms with Crippen molar-refractivity contribution >= 4 is 48.3 Å². The molecular weight excluding hydrogens is 625 g/mol. The van der Waals surface area contributed by atoms with Crippen molar-refractivity contribution in [3.8, 4) is 22.5 Å². The third kappa shape index (κ3) is 5.81. The molecule has 0 atom stereocenters. The number of fused-ring (bicyclic) bond motifs is 2. The lowest BCUT2D eigenvalue weighted by Gasteiger charge is -2.19. The highest BCUT2D eigenvalue weighted by atomic mass is 32.2. The van der Waals surface area contributed by atoms with E-state index in [0.29, 0.717) is 55.7 Å². The van der Waals surface area contributed by atoms with Crippen LogP contribution in [0.15, 0.2) is 110 Å². The molecule has 0 radical (unpaired) electrons. The molecule has 0 unspecified atom stereocenters. The van der Waals surface area contributed by atoms with E-state index in [1.165, 1.54) is 12.1 Å². The normalized spacial score (nSPS) is 12.6. The SMILES string of the molecule is Cc1cccc(C)c1N=c1ccc2c(-c3ccccc3S(=O)(=O)O)c3ccc(Nc4c(C)ccc(S(=O)(=O)O)c4C)cc3oc-2c1. The third-order valence-corrected chi connectivity index (χ3v) is 9.90. The van der Waals surface area contributed by atoms with Crippen molar-refractivity contribution in [3.63, 3.8) is 0 Å². The maximum absolute atomic E-state index is 12.5. The summed E-state index contributed by atoms with van der Waals surface area (Å²) < 4.78 is 75.2. The quantitative estimate of drug-likeness (QED) is 0.121. The first-order valence-electron chi connectivity index (χ1n) is 14.3. The van der Waals surface area contributed by atoms with Gasteiger partial charge in [-0.15, -0.1) is 0 Å². The van der Waals surface area contributed by atoms with Crippen LogP contribution in [0.5, 0.6) is 0 Å². The first kappa shape index (κ1) is 31.2. The molecule has 0 amide bonds. The van der Waals surface area contributed by atoms with Gasteiger partial charge in [0.05, 0.1) is 15.9 Å². The first-order chi connectivity index (χ1) is 21.7. The first-order valence-corrected chi connectivity index (χ1v) is 17.1. The number of hydrogen-bond acceptors (Lipinski definition) is 7. The average molecular weight is 655 g/mol. The second-order valence-electron chi connectivity index (χ2n) is 11.2. The summed E-state index contributed by atoms with van der Waals surface area (Å²) in [6.07, 6.45) is 0. The van der Waals surface area contributed by atoms with Crippen LogP contribution >= 0.6 is 0 Å². The number of aryl methyl sites for hydroxylation is 3. The van der Waals surface area contributed by atoms with Crippen LogP contribution < -0.4 is 10.7 Å². The Balaban J connectivity index is 1.62. The molecule has 6 rings (SSSR count). The average Bonchev–Trinajstić information content (AvgIpc) is 2.98. The van der Waals surface area contributed by atoms with E-state index >= 15 is 0 Å². The Morgan fingerprint density at radius 3 is 2.07 bits per heavy atom. The molecule has 46 heavy (non-hydrogen) atoms. The van der Waals surface area contributed by atoms with Crippen LogP contribution in [0.4, 0.5) is 17.1 Å². The number of nitrogens with one attached hydrogen (secondary N) is 1. The Bertz CT molecular complexity index is 2430. The minimum Gasteiger partial charge on any atom is -0.456 e. The predicted molar refractivity (Wildman–Crippen MR) is 178 cm³/mol. The van der Waals surface area contributed by atoms with Crippen molar-refractivity contribution < 1.29 is 30.4 Å². The number of rotatable bonds is 6. The van der Waals surface area contributed by atoms with Gasteiger partial charge in [-0.3, -0.25) is 9.11 Å². The molecule has 1 heterocycles. The summed E-state index contributed by atoms with van der Waals surface area (Å²) in [7, 11) is -9.03. The molecule has 234 valence electrons. The highest BCUT2D eigenvalue weighted by Gasteiger charge is 2.24. The van der Waals surface area contributed by atoms with Crippen LogP contribution in [0.25, 0.3) is 33.4 Å². The van der Waals surface area contributed by atoms with Gasteiger partial charge in [-0.2, -0.15) is 16.8 Å². The van der Waals surface area contributed by atoms with E-state index in [1.807, 2.05) is 51.1 Å². The van der Waals surface area contributed by atoms with Crippen LogP contribution in [0.3, 0.4) is 0 Å². The molecule has 0 spiro atoms. The Kier molecular flexibility index (Phi) is 7.81. The number of hydrogen-bond donors (Lipinski definition) is 3. The van der Waals surface area contributed by atoms with Gasteiger partial charge in [0.1, 0.15) is 16.2 Å². The van der Waals surface area contributed by atoms with E-state index in [-0.39, 0.29) is 9.79 Å². The molecule has 11 heteroatoms. The summed E-state index contributed by atoms with van der Waals surface area (Å²) in [6.45, 7) is 7.38. The second kappa shape index (κ2) is 11.5. The Hall–Kier alpha value is -4.81. The Labute approximate surface area is 266 Å². The molecule has 9 nitrogen and oxygen atoms in total. The van der Waals surface area contributed by atoms with Crippen molar-refractivity contribution in [1.82, 2.24) is 0 Å². The summed E-state index contributed by atoms with van der Waals surface area (Å²) in [5, 5.41) is 4.46. The summed E-state index contributed by atoms with van der Waals surface area (Å²) in [5.41, 5.74) is 6.85. The minimum absolute atomic E-state index is 0.207. The zero-order chi connectivity index (χ0) is 33.0. The van der Waals surface area contributed by atoms with Crippen LogP contribution in [0.2, 0.25) is 0 Å². The fourth-order valence-corrected chi connectivity index (χ4v) is 7.20. The Morgan fingerprint density at radius 1 is 0.674 bits per heavy atom. The minimum atomic E-state index is -4.58. The van der Waals surface area contributed by atoms with Gasteiger partial charge in [0.2, 0.25) is 0 Å². The van der Waals surface area contributed by atoms with E-state index in [0.717, 1.165) is 22.4 Å². The van der Waals surface area contributed by atoms with E-state index in [4.69, 9.17) is 9.41 Å². The number of anilines is 2. The van der Waals surface area contributed by atoms with Gasteiger partial charge in [-0.25, -0.2) is 4.99 Å². The molecule has 0 fully saturated rings. The molecule has 4 aromatic rings. The molecule has 4 aromatic carbocycles. The van der Waals surface area contributed by atoms with Gasteiger partial charge in [0.15, 0.2) is 0 Å². The van der Waals surface area contributed by atoms with E-state index in [2.05, 4.69) is 5.32 Å². The second-order valence-corrected chi connectivity index (χ2v) is 14.0. The monoisotopic (exact) mass is 654 g/mol. The van der Waals surface area contributed by atoms with Gasteiger partial charge in [0, 0.05) is 45.6 Å². The van der Waals surface area contributed by atoms with E-state index in [9.17, 15) is 25.9 Å². The van der Waals surface area contributed by atoms with Gasteiger partial charge in [0.25, 0.3) is 20.2 Å². The fraction of sp³-hybridized carbons (Fsp3) is 0.114. The van der Waals surface area contributed by atoms with Crippen LogP contribution in [-0.4, -0.2) is 25.9 Å².